The van der Waals surface area contributed by atoms with Gasteiger partial charge in [-0.3, -0.25) is 9.59 Å². The van der Waals surface area contributed by atoms with Crippen LogP contribution in [0.25, 0.3) is 11.0 Å². The van der Waals surface area contributed by atoms with E-state index in [1.807, 2.05) is 57.2 Å². The second-order valence-corrected chi connectivity index (χ2v) is 10.9. The molecule has 1 aliphatic carbocycles. The first-order valence-electron chi connectivity index (χ1n) is 14.1. The number of amides is 2. The molecule has 9 heteroatoms. The van der Waals surface area contributed by atoms with Crippen LogP contribution < -0.4 is 14.8 Å². The van der Waals surface area contributed by atoms with Crippen molar-refractivity contribution in [1.29, 1.82) is 0 Å². The summed E-state index contributed by atoms with van der Waals surface area (Å²) in [6.07, 6.45) is 8.08. The van der Waals surface area contributed by atoms with Gasteiger partial charge in [-0.15, -0.1) is 5.10 Å². The zero-order valence-electron chi connectivity index (χ0n) is 24.3. The molecular formula is C31H41N5O4. The lowest BCUT2D eigenvalue weighted by Gasteiger charge is -2.35. The van der Waals surface area contributed by atoms with E-state index in [4.69, 9.17) is 9.47 Å². The molecule has 3 aromatic rings. The van der Waals surface area contributed by atoms with Gasteiger partial charge in [0.05, 0.1) is 19.7 Å². The number of fused-ring (bicyclic) bond motifs is 1. The van der Waals surface area contributed by atoms with Gasteiger partial charge >= 0.3 is 0 Å². The Morgan fingerprint density at radius 1 is 1.10 bits per heavy atom. The fourth-order valence-corrected chi connectivity index (χ4v) is 5.11. The zero-order chi connectivity index (χ0) is 28.7. The Balaban J connectivity index is 1.78. The number of para-hydroxylation sites is 2. The molecule has 1 aromatic heterocycles. The predicted octanol–water partition coefficient (Wildman–Crippen LogP) is 5.21. The SMILES string of the molecule is CCC(C)(C)NC(=O)[C@H](c1cccc(OC)c1OC)N(CCC1=CCCCC1)C(=O)Cn1nnc2ccccc21. The number of methoxy groups -OCH3 is 2. The van der Waals surface area contributed by atoms with E-state index in [1.165, 1.54) is 12.0 Å². The van der Waals surface area contributed by atoms with E-state index < -0.39 is 11.6 Å². The van der Waals surface area contributed by atoms with Crippen LogP contribution in [0.5, 0.6) is 11.5 Å². The summed E-state index contributed by atoms with van der Waals surface area (Å²) >= 11 is 0. The number of carbonyl (C=O) groups is 2. The Kier molecular flexibility index (Phi) is 9.45. The van der Waals surface area contributed by atoms with Crippen LogP contribution in [-0.2, 0) is 16.1 Å². The van der Waals surface area contributed by atoms with Gasteiger partial charge in [-0.25, -0.2) is 4.68 Å². The molecule has 0 aliphatic heterocycles. The van der Waals surface area contributed by atoms with Gasteiger partial charge in [0.15, 0.2) is 11.5 Å². The number of aromatic nitrogens is 3. The minimum atomic E-state index is -0.942. The summed E-state index contributed by atoms with van der Waals surface area (Å²) in [4.78, 5) is 30.0. The fraction of sp³-hybridized carbons (Fsp3) is 0.484. The number of ether oxygens (including phenoxy) is 2. The normalized spacial score (nSPS) is 14.4. The minimum Gasteiger partial charge on any atom is -0.493 e. The summed E-state index contributed by atoms with van der Waals surface area (Å²) in [7, 11) is 3.11. The van der Waals surface area contributed by atoms with E-state index in [1.54, 1.807) is 29.9 Å². The predicted molar refractivity (Wildman–Crippen MR) is 155 cm³/mol. The standard InChI is InChI=1S/C31H41N5O4/c1-6-31(2,3)32-30(38)28(23-15-12-18-26(39-4)29(23)40-5)35(20-19-22-13-8-7-9-14-22)27(37)21-36-25-17-11-10-16-24(25)33-34-36/h10-13,15-18,28H,6-9,14,19-21H2,1-5H3,(H,32,38)/t28-/m0/s1. The molecule has 0 unspecified atom stereocenters. The summed E-state index contributed by atoms with van der Waals surface area (Å²) < 4.78 is 12.9. The molecule has 1 atom stereocenters. The Morgan fingerprint density at radius 2 is 1.90 bits per heavy atom. The third kappa shape index (κ3) is 6.63. The summed E-state index contributed by atoms with van der Waals surface area (Å²) in [5.41, 5.74) is 2.89. The molecule has 40 heavy (non-hydrogen) atoms. The van der Waals surface area contributed by atoms with E-state index >= 15 is 0 Å². The Bertz CT molecular complexity index is 1360. The summed E-state index contributed by atoms with van der Waals surface area (Å²) in [5.74, 6) is 0.428. The molecule has 1 N–H and O–H groups in total. The highest BCUT2D eigenvalue weighted by atomic mass is 16.5. The third-order valence-electron chi connectivity index (χ3n) is 7.72. The third-order valence-corrected chi connectivity index (χ3v) is 7.72. The van der Waals surface area contributed by atoms with Crippen molar-refractivity contribution in [1.82, 2.24) is 25.2 Å². The highest BCUT2D eigenvalue weighted by Crippen LogP contribution is 2.38. The van der Waals surface area contributed by atoms with Crippen LogP contribution in [0.1, 0.15) is 70.9 Å². The number of hydrogen-bond acceptors (Lipinski definition) is 6. The Labute approximate surface area is 236 Å². The number of carbonyl (C=O) groups excluding carboxylic acids is 2. The van der Waals surface area contributed by atoms with Crippen LogP contribution in [0.15, 0.2) is 54.1 Å². The molecule has 0 bridgehead atoms. The molecule has 1 heterocycles. The van der Waals surface area contributed by atoms with Gasteiger partial charge in [-0.05, 0) is 70.6 Å². The average molecular weight is 548 g/mol. The van der Waals surface area contributed by atoms with Gasteiger partial charge in [-0.1, -0.05) is 48.1 Å². The molecule has 214 valence electrons. The van der Waals surface area contributed by atoms with Gasteiger partial charge in [0.1, 0.15) is 18.1 Å². The number of allylic oxidation sites excluding steroid dienone is 1. The van der Waals surface area contributed by atoms with E-state index in [0.717, 1.165) is 31.2 Å². The molecular weight excluding hydrogens is 506 g/mol. The number of nitrogens with zero attached hydrogens (tertiary/aromatic N) is 4. The van der Waals surface area contributed by atoms with Crippen LogP contribution in [-0.4, -0.2) is 58.0 Å². The Morgan fingerprint density at radius 3 is 2.60 bits per heavy atom. The first-order valence-corrected chi connectivity index (χ1v) is 14.1. The van der Waals surface area contributed by atoms with Crippen LogP contribution in [0, 0.1) is 0 Å². The smallest absolute Gasteiger partial charge is 0.248 e. The van der Waals surface area contributed by atoms with Gasteiger partial charge in [0, 0.05) is 17.6 Å². The van der Waals surface area contributed by atoms with Crippen molar-refractivity contribution >= 4 is 22.8 Å². The van der Waals surface area contributed by atoms with E-state index in [2.05, 4.69) is 21.7 Å². The zero-order valence-corrected chi connectivity index (χ0v) is 24.3. The van der Waals surface area contributed by atoms with Crippen LogP contribution in [0.2, 0.25) is 0 Å². The molecule has 0 radical (unpaired) electrons. The lowest BCUT2D eigenvalue weighted by molar-refractivity contribution is -0.142. The minimum absolute atomic E-state index is 0.0488. The van der Waals surface area contributed by atoms with Crippen molar-refractivity contribution in [2.24, 2.45) is 0 Å². The fourth-order valence-electron chi connectivity index (χ4n) is 5.11. The first kappa shape index (κ1) is 29.1. The van der Waals surface area contributed by atoms with E-state index in [-0.39, 0.29) is 18.4 Å². The van der Waals surface area contributed by atoms with Crippen LogP contribution in [0.3, 0.4) is 0 Å². The first-order chi connectivity index (χ1) is 19.3. The quantitative estimate of drug-likeness (QED) is 0.313. The molecule has 9 nitrogen and oxygen atoms in total. The van der Waals surface area contributed by atoms with Crippen molar-refractivity contribution in [3.8, 4) is 11.5 Å². The molecule has 0 fully saturated rings. The molecule has 2 amide bonds. The molecule has 4 rings (SSSR count). The number of benzene rings is 2. The second kappa shape index (κ2) is 13.0. The van der Waals surface area contributed by atoms with Crippen molar-refractivity contribution < 1.29 is 19.1 Å². The van der Waals surface area contributed by atoms with Gasteiger partial charge in [-0.2, -0.15) is 0 Å². The largest absolute Gasteiger partial charge is 0.493 e. The monoisotopic (exact) mass is 547 g/mol. The number of hydrogen-bond donors (Lipinski definition) is 1. The maximum absolute atomic E-state index is 14.2. The second-order valence-electron chi connectivity index (χ2n) is 10.9. The highest BCUT2D eigenvalue weighted by Gasteiger charge is 2.36. The lowest BCUT2D eigenvalue weighted by Crippen LogP contribution is -2.51. The molecule has 0 saturated heterocycles. The van der Waals surface area contributed by atoms with Crippen molar-refractivity contribution in [3.05, 3.63) is 59.7 Å². The summed E-state index contributed by atoms with van der Waals surface area (Å²) in [6, 6.07) is 12.0. The van der Waals surface area contributed by atoms with Crippen LogP contribution >= 0.6 is 0 Å². The topological polar surface area (TPSA) is 98.6 Å². The van der Waals surface area contributed by atoms with Crippen LogP contribution in [0.4, 0.5) is 0 Å². The maximum Gasteiger partial charge on any atom is 0.248 e. The summed E-state index contributed by atoms with van der Waals surface area (Å²) in [6.45, 7) is 6.31. The Hall–Kier alpha value is -3.88. The molecule has 0 saturated carbocycles. The molecule has 1 aliphatic rings. The molecule has 0 spiro atoms. The van der Waals surface area contributed by atoms with Crippen molar-refractivity contribution in [2.75, 3.05) is 20.8 Å². The van der Waals surface area contributed by atoms with Gasteiger partial charge in [0.25, 0.3) is 0 Å². The molecule has 2 aromatic carbocycles. The van der Waals surface area contributed by atoms with Gasteiger partial charge in [0.2, 0.25) is 11.8 Å². The summed E-state index contributed by atoms with van der Waals surface area (Å²) in [5, 5.41) is 11.6. The van der Waals surface area contributed by atoms with Gasteiger partial charge < -0.3 is 19.7 Å². The van der Waals surface area contributed by atoms with E-state index in [9.17, 15) is 9.59 Å². The van der Waals surface area contributed by atoms with Crippen molar-refractivity contribution in [2.45, 2.75) is 77.4 Å². The number of nitrogens with one attached hydrogen (secondary N) is 1. The highest BCUT2D eigenvalue weighted by molar-refractivity contribution is 5.90. The van der Waals surface area contributed by atoms with Crippen molar-refractivity contribution in [3.63, 3.8) is 0 Å². The van der Waals surface area contributed by atoms with E-state index in [0.29, 0.717) is 35.5 Å². The average Bonchev–Trinajstić information content (AvgIpc) is 3.37. The maximum atomic E-state index is 14.2. The number of rotatable bonds is 12. The lowest BCUT2D eigenvalue weighted by atomic mass is 9.95.